The van der Waals surface area contributed by atoms with Crippen molar-refractivity contribution < 1.29 is 14.3 Å². The molecule has 1 aromatic heterocycles. The van der Waals surface area contributed by atoms with Gasteiger partial charge in [-0.25, -0.2) is 9.78 Å². The lowest BCUT2D eigenvalue weighted by Gasteiger charge is -2.16. The first-order valence-corrected chi connectivity index (χ1v) is 9.29. The molecule has 2 N–H and O–H groups in total. The molecule has 1 unspecified atom stereocenters. The van der Waals surface area contributed by atoms with Gasteiger partial charge in [-0.15, -0.1) is 0 Å². The van der Waals surface area contributed by atoms with Gasteiger partial charge in [-0.1, -0.05) is 44.2 Å². The van der Waals surface area contributed by atoms with Gasteiger partial charge in [-0.3, -0.25) is 0 Å². The van der Waals surface area contributed by atoms with Gasteiger partial charge in [-0.2, -0.15) is 0 Å². The van der Waals surface area contributed by atoms with Crippen molar-refractivity contribution in [2.45, 2.75) is 39.7 Å². The number of urea groups is 1. The van der Waals surface area contributed by atoms with Crippen LogP contribution < -0.4 is 20.1 Å². The Labute approximate surface area is 161 Å². The molecule has 0 fully saturated rings. The number of anilines is 1. The van der Waals surface area contributed by atoms with E-state index in [0.717, 1.165) is 18.4 Å². The highest BCUT2D eigenvalue weighted by molar-refractivity contribution is 5.89. The zero-order valence-electron chi connectivity index (χ0n) is 16.5. The third kappa shape index (κ3) is 6.81. The minimum Gasteiger partial charge on any atom is -0.488 e. The Hall–Kier alpha value is -2.76. The van der Waals surface area contributed by atoms with Crippen molar-refractivity contribution in [1.82, 2.24) is 10.3 Å². The van der Waals surface area contributed by atoms with Gasteiger partial charge < -0.3 is 20.1 Å². The van der Waals surface area contributed by atoms with Crippen LogP contribution in [-0.2, 0) is 0 Å². The Morgan fingerprint density at radius 2 is 1.93 bits per heavy atom. The quantitative estimate of drug-likeness (QED) is 0.622. The van der Waals surface area contributed by atoms with Gasteiger partial charge in [0.25, 0.3) is 5.88 Å². The topological polar surface area (TPSA) is 72.5 Å². The van der Waals surface area contributed by atoms with Crippen LogP contribution in [0.1, 0.15) is 45.2 Å². The van der Waals surface area contributed by atoms with E-state index >= 15 is 0 Å². The smallest absolute Gasteiger partial charge is 0.319 e. The highest BCUT2D eigenvalue weighted by Gasteiger charge is 2.12. The molecule has 0 aliphatic heterocycles. The number of hydrogen-bond donors (Lipinski definition) is 2. The van der Waals surface area contributed by atoms with Crippen LogP contribution in [0.15, 0.2) is 42.6 Å². The number of nitrogens with one attached hydrogen (secondary N) is 2. The first-order chi connectivity index (χ1) is 13.0. The zero-order valence-corrected chi connectivity index (χ0v) is 16.5. The third-order valence-corrected chi connectivity index (χ3v) is 4.10. The molecular formula is C21H29N3O3. The second-order valence-corrected chi connectivity index (χ2v) is 6.85. The summed E-state index contributed by atoms with van der Waals surface area (Å²) in [4.78, 5) is 16.5. The van der Waals surface area contributed by atoms with Crippen LogP contribution in [0.25, 0.3) is 0 Å². The maximum absolute atomic E-state index is 12.3. The number of aromatic nitrogens is 1. The van der Waals surface area contributed by atoms with E-state index in [-0.39, 0.29) is 12.1 Å². The van der Waals surface area contributed by atoms with Gasteiger partial charge in [0.15, 0.2) is 5.75 Å². The summed E-state index contributed by atoms with van der Waals surface area (Å²) in [6, 6.07) is 11.1. The Morgan fingerprint density at radius 3 is 2.59 bits per heavy atom. The Kier molecular flexibility index (Phi) is 7.92. The van der Waals surface area contributed by atoms with Crippen molar-refractivity contribution in [2.75, 3.05) is 19.0 Å². The number of hydrogen-bond acceptors (Lipinski definition) is 4. The van der Waals surface area contributed by atoms with Gasteiger partial charge in [-0.05, 0) is 31.2 Å². The van der Waals surface area contributed by atoms with Crippen LogP contribution in [0.4, 0.5) is 10.5 Å². The molecule has 6 nitrogen and oxygen atoms in total. The van der Waals surface area contributed by atoms with Gasteiger partial charge >= 0.3 is 6.03 Å². The molecule has 27 heavy (non-hydrogen) atoms. The Balaban J connectivity index is 1.94. The maximum Gasteiger partial charge on any atom is 0.319 e. The molecule has 2 rings (SSSR count). The van der Waals surface area contributed by atoms with Crippen molar-refractivity contribution in [2.24, 2.45) is 5.92 Å². The summed E-state index contributed by atoms with van der Waals surface area (Å²) in [6.45, 7) is 6.88. The molecule has 6 heteroatoms. The number of rotatable bonds is 9. The van der Waals surface area contributed by atoms with E-state index in [0.29, 0.717) is 29.8 Å². The van der Waals surface area contributed by atoms with E-state index in [1.165, 1.54) is 0 Å². The molecule has 146 valence electrons. The van der Waals surface area contributed by atoms with E-state index in [2.05, 4.69) is 29.5 Å². The van der Waals surface area contributed by atoms with E-state index in [1.54, 1.807) is 19.4 Å². The van der Waals surface area contributed by atoms with Crippen LogP contribution in [-0.4, -0.2) is 24.7 Å². The SMILES string of the molecule is COc1ncc(NC(=O)NC(C)c2ccccc2)cc1OCCCC(C)C. The average Bonchev–Trinajstić information content (AvgIpc) is 2.66. The minimum absolute atomic E-state index is 0.107. The lowest BCUT2D eigenvalue weighted by molar-refractivity contribution is 0.249. The van der Waals surface area contributed by atoms with Crippen molar-refractivity contribution in [3.63, 3.8) is 0 Å². The second kappa shape index (κ2) is 10.4. The minimum atomic E-state index is -0.302. The molecule has 0 aliphatic carbocycles. The molecular weight excluding hydrogens is 342 g/mol. The summed E-state index contributed by atoms with van der Waals surface area (Å²) >= 11 is 0. The molecule has 2 aromatic rings. The maximum atomic E-state index is 12.3. The fraction of sp³-hybridized carbons (Fsp3) is 0.429. The van der Waals surface area contributed by atoms with Crippen LogP contribution in [0.3, 0.4) is 0 Å². The zero-order chi connectivity index (χ0) is 19.6. The largest absolute Gasteiger partial charge is 0.488 e. The molecule has 2 amide bonds. The van der Waals surface area contributed by atoms with Crippen LogP contribution in [0.2, 0.25) is 0 Å². The summed E-state index contributed by atoms with van der Waals surface area (Å²) in [7, 11) is 1.55. The summed E-state index contributed by atoms with van der Waals surface area (Å²) in [5.41, 5.74) is 1.59. The highest BCUT2D eigenvalue weighted by Crippen LogP contribution is 2.27. The monoisotopic (exact) mass is 371 g/mol. The van der Waals surface area contributed by atoms with Crippen molar-refractivity contribution in [3.8, 4) is 11.6 Å². The standard InChI is InChI=1S/C21H29N3O3/c1-15(2)9-8-12-27-19-13-18(14-22-20(19)26-4)24-21(25)23-16(3)17-10-6-5-7-11-17/h5-7,10-11,13-16H,8-9,12H2,1-4H3,(H2,23,24,25). The van der Waals surface area contributed by atoms with Crippen molar-refractivity contribution in [3.05, 3.63) is 48.2 Å². The number of benzene rings is 1. The predicted molar refractivity (Wildman–Crippen MR) is 107 cm³/mol. The average molecular weight is 371 g/mol. The van der Waals surface area contributed by atoms with E-state index < -0.39 is 0 Å². The van der Waals surface area contributed by atoms with Crippen LogP contribution in [0, 0.1) is 5.92 Å². The lowest BCUT2D eigenvalue weighted by atomic mass is 10.1. The number of pyridine rings is 1. The first kappa shape index (κ1) is 20.6. The van der Waals surface area contributed by atoms with Gasteiger partial charge in [0.2, 0.25) is 0 Å². The molecule has 1 heterocycles. The Bertz CT molecular complexity index is 720. The van der Waals surface area contributed by atoms with Crippen LogP contribution in [0.5, 0.6) is 11.6 Å². The van der Waals surface area contributed by atoms with E-state index in [9.17, 15) is 4.79 Å². The first-order valence-electron chi connectivity index (χ1n) is 9.29. The Morgan fingerprint density at radius 1 is 1.19 bits per heavy atom. The summed E-state index contributed by atoms with van der Waals surface area (Å²) in [5.74, 6) is 1.57. The number of methoxy groups -OCH3 is 1. The summed E-state index contributed by atoms with van der Waals surface area (Å²) in [5, 5.41) is 5.70. The van der Waals surface area contributed by atoms with Crippen molar-refractivity contribution >= 4 is 11.7 Å². The molecule has 0 saturated carbocycles. The molecule has 0 radical (unpaired) electrons. The van der Waals surface area contributed by atoms with E-state index in [4.69, 9.17) is 9.47 Å². The van der Waals surface area contributed by atoms with E-state index in [1.807, 2.05) is 37.3 Å². The normalized spacial score (nSPS) is 11.7. The van der Waals surface area contributed by atoms with Gasteiger partial charge in [0.1, 0.15) is 0 Å². The predicted octanol–water partition coefficient (Wildman–Crippen LogP) is 4.79. The lowest BCUT2D eigenvalue weighted by Crippen LogP contribution is -2.31. The van der Waals surface area contributed by atoms with Crippen molar-refractivity contribution in [1.29, 1.82) is 0 Å². The number of carbonyl (C=O) groups excluding carboxylic acids is 1. The molecule has 1 atom stereocenters. The molecule has 0 saturated heterocycles. The highest BCUT2D eigenvalue weighted by atomic mass is 16.5. The fourth-order valence-electron chi connectivity index (χ4n) is 2.62. The van der Waals surface area contributed by atoms with Crippen LogP contribution >= 0.6 is 0 Å². The third-order valence-electron chi connectivity index (χ3n) is 4.10. The number of ether oxygens (including phenoxy) is 2. The van der Waals surface area contributed by atoms with Gasteiger partial charge in [0, 0.05) is 6.07 Å². The van der Waals surface area contributed by atoms with Gasteiger partial charge in [0.05, 0.1) is 31.6 Å². The number of nitrogens with zero attached hydrogens (tertiary/aromatic N) is 1. The summed E-state index contributed by atoms with van der Waals surface area (Å²) in [6.07, 6.45) is 3.59. The number of carbonyl (C=O) groups is 1. The second-order valence-electron chi connectivity index (χ2n) is 6.85. The molecule has 0 aliphatic rings. The summed E-state index contributed by atoms with van der Waals surface area (Å²) < 4.78 is 11.0. The molecule has 1 aromatic carbocycles. The molecule has 0 bridgehead atoms. The fourth-order valence-corrected chi connectivity index (χ4v) is 2.62. The number of amides is 2. The molecule has 0 spiro atoms.